The summed E-state index contributed by atoms with van der Waals surface area (Å²) in [4.78, 5) is 12.9. The van der Waals surface area contributed by atoms with Crippen molar-refractivity contribution in [1.29, 1.82) is 0 Å². The molecule has 1 amide bonds. The van der Waals surface area contributed by atoms with E-state index in [-0.39, 0.29) is 11.9 Å². The average Bonchev–Trinajstić information content (AvgIpc) is 3.28. The summed E-state index contributed by atoms with van der Waals surface area (Å²) in [7, 11) is 0. The first-order valence-electron chi connectivity index (χ1n) is 6.75. The van der Waals surface area contributed by atoms with Gasteiger partial charge in [-0.3, -0.25) is 4.79 Å². The average molecular weight is 284 g/mol. The zero-order chi connectivity index (χ0) is 14.1. The molecular weight excluding hydrogens is 268 g/mol. The minimum Gasteiger partial charge on any atom is -0.392 e. The van der Waals surface area contributed by atoms with Crippen LogP contribution in [0.1, 0.15) is 23.2 Å². The third-order valence-electron chi connectivity index (χ3n) is 3.72. The van der Waals surface area contributed by atoms with Gasteiger partial charge in [0, 0.05) is 5.56 Å². The Bertz CT molecular complexity index is 674. The highest BCUT2D eigenvalue weighted by atomic mass is 32.1. The summed E-state index contributed by atoms with van der Waals surface area (Å²) >= 11 is 5.06. The monoisotopic (exact) mass is 284 g/mol. The summed E-state index contributed by atoms with van der Waals surface area (Å²) in [5.74, 6) is 0.304. The predicted molar refractivity (Wildman–Crippen MR) is 84.7 cm³/mol. The van der Waals surface area contributed by atoms with E-state index in [1.54, 1.807) is 0 Å². The number of rotatable bonds is 4. The van der Waals surface area contributed by atoms with Crippen LogP contribution in [-0.2, 0) is 0 Å². The fourth-order valence-electron chi connectivity index (χ4n) is 2.49. The number of hydrogen-bond donors (Lipinski definition) is 2. The Kier molecular flexibility index (Phi) is 3.40. The van der Waals surface area contributed by atoms with Gasteiger partial charge in [0.1, 0.15) is 0 Å². The fraction of sp³-hybridized carbons (Fsp3) is 0.250. The van der Waals surface area contributed by atoms with Crippen LogP contribution in [0, 0.1) is 5.92 Å². The number of nitrogens with one attached hydrogen (secondary N) is 1. The van der Waals surface area contributed by atoms with Crippen molar-refractivity contribution in [1.82, 2.24) is 5.32 Å². The Morgan fingerprint density at radius 2 is 1.90 bits per heavy atom. The summed E-state index contributed by atoms with van der Waals surface area (Å²) < 4.78 is 0. The lowest BCUT2D eigenvalue weighted by Crippen LogP contribution is -2.45. The number of carbonyl (C=O) groups is 1. The molecule has 0 heterocycles. The standard InChI is InChI=1S/C16H16N2OS/c17-15(20)14(11-8-9-11)18-16(19)13-7-3-5-10-4-1-2-6-12(10)13/h1-7,11,14H,8-9H2,(H2,17,20)(H,18,19). The molecule has 3 N–H and O–H groups in total. The molecule has 0 aromatic heterocycles. The second kappa shape index (κ2) is 5.21. The highest BCUT2D eigenvalue weighted by Crippen LogP contribution is 2.33. The molecule has 0 radical (unpaired) electrons. The highest BCUT2D eigenvalue weighted by molar-refractivity contribution is 7.80. The van der Waals surface area contributed by atoms with Crippen LogP contribution >= 0.6 is 12.2 Å². The zero-order valence-electron chi connectivity index (χ0n) is 11.0. The molecule has 4 heteroatoms. The molecule has 1 fully saturated rings. The summed E-state index contributed by atoms with van der Waals surface area (Å²) in [5, 5.41) is 4.98. The molecule has 3 nitrogen and oxygen atoms in total. The lowest BCUT2D eigenvalue weighted by Gasteiger charge is -2.17. The maximum absolute atomic E-state index is 12.5. The molecule has 3 rings (SSSR count). The Morgan fingerprint density at radius 1 is 1.20 bits per heavy atom. The maximum Gasteiger partial charge on any atom is 0.252 e. The van der Waals surface area contributed by atoms with Crippen LogP contribution in [0.2, 0.25) is 0 Å². The van der Waals surface area contributed by atoms with Crippen molar-refractivity contribution in [3.8, 4) is 0 Å². The van der Waals surface area contributed by atoms with Crippen molar-refractivity contribution in [3.63, 3.8) is 0 Å². The topological polar surface area (TPSA) is 55.1 Å². The Balaban J connectivity index is 1.90. The SMILES string of the molecule is NC(=S)C(NC(=O)c1cccc2ccccc12)C1CC1. The maximum atomic E-state index is 12.5. The van der Waals surface area contributed by atoms with Crippen molar-refractivity contribution in [2.45, 2.75) is 18.9 Å². The lowest BCUT2D eigenvalue weighted by molar-refractivity contribution is 0.0945. The number of amides is 1. The molecule has 0 saturated heterocycles. The molecule has 1 aliphatic rings. The van der Waals surface area contributed by atoms with Crippen molar-refractivity contribution >= 4 is 33.9 Å². The molecule has 0 aliphatic heterocycles. The minimum atomic E-state index is -0.184. The first-order valence-corrected chi connectivity index (χ1v) is 7.15. The lowest BCUT2D eigenvalue weighted by atomic mass is 10.0. The molecule has 0 bridgehead atoms. The van der Waals surface area contributed by atoms with E-state index in [4.69, 9.17) is 18.0 Å². The fourth-order valence-corrected chi connectivity index (χ4v) is 2.74. The van der Waals surface area contributed by atoms with E-state index in [1.165, 1.54) is 0 Å². The van der Waals surface area contributed by atoms with E-state index in [2.05, 4.69) is 5.32 Å². The van der Waals surface area contributed by atoms with Crippen LogP contribution in [0.4, 0.5) is 0 Å². The number of hydrogen-bond acceptors (Lipinski definition) is 2. The van der Waals surface area contributed by atoms with E-state index in [1.807, 2.05) is 42.5 Å². The van der Waals surface area contributed by atoms with Crippen LogP contribution < -0.4 is 11.1 Å². The van der Waals surface area contributed by atoms with Gasteiger partial charge in [-0.15, -0.1) is 0 Å². The van der Waals surface area contributed by atoms with Gasteiger partial charge in [-0.05, 0) is 35.6 Å². The quantitative estimate of drug-likeness (QED) is 0.849. The summed E-state index contributed by atoms with van der Waals surface area (Å²) in [6, 6.07) is 13.4. The van der Waals surface area contributed by atoms with E-state index in [0.717, 1.165) is 23.6 Å². The van der Waals surface area contributed by atoms with Crippen LogP contribution in [0.3, 0.4) is 0 Å². The minimum absolute atomic E-state index is 0.105. The summed E-state index contributed by atoms with van der Waals surface area (Å²) in [5.41, 5.74) is 6.40. The molecule has 2 aromatic rings. The van der Waals surface area contributed by atoms with Gasteiger partial charge < -0.3 is 11.1 Å². The normalized spacial score (nSPS) is 15.8. The Morgan fingerprint density at radius 3 is 2.60 bits per heavy atom. The molecule has 0 spiro atoms. The van der Waals surface area contributed by atoms with Crippen molar-refractivity contribution in [3.05, 3.63) is 48.0 Å². The van der Waals surface area contributed by atoms with Crippen molar-refractivity contribution in [2.24, 2.45) is 11.7 Å². The summed E-state index contributed by atoms with van der Waals surface area (Å²) in [6.45, 7) is 0. The first kappa shape index (κ1) is 13.1. The second-order valence-corrected chi connectivity index (χ2v) is 5.69. The third-order valence-corrected chi connectivity index (χ3v) is 3.97. The molecular formula is C16H16N2OS. The van der Waals surface area contributed by atoms with Gasteiger partial charge >= 0.3 is 0 Å². The highest BCUT2D eigenvalue weighted by Gasteiger charge is 2.34. The first-order chi connectivity index (χ1) is 9.66. The molecule has 1 atom stereocenters. The number of thiocarbonyl (C=S) groups is 1. The molecule has 1 unspecified atom stereocenters. The van der Waals surface area contributed by atoms with Crippen LogP contribution in [0.5, 0.6) is 0 Å². The van der Waals surface area contributed by atoms with E-state index in [9.17, 15) is 4.79 Å². The Labute approximate surface area is 123 Å². The number of benzene rings is 2. The number of fused-ring (bicyclic) bond motifs is 1. The second-order valence-electron chi connectivity index (χ2n) is 5.22. The van der Waals surface area contributed by atoms with Gasteiger partial charge in [-0.2, -0.15) is 0 Å². The molecule has 1 saturated carbocycles. The number of carbonyl (C=O) groups excluding carboxylic acids is 1. The molecule has 102 valence electrons. The van der Waals surface area contributed by atoms with Crippen LogP contribution in [0.15, 0.2) is 42.5 Å². The van der Waals surface area contributed by atoms with E-state index < -0.39 is 0 Å². The van der Waals surface area contributed by atoms with Gasteiger partial charge in [0.2, 0.25) is 0 Å². The zero-order valence-corrected chi connectivity index (χ0v) is 11.8. The smallest absolute Gasteiger partial charge is 0.252 e. The van der Waals surface area contributed by atoms with Gasteiger partial charge in [0.05, 0.1) is 11.0 Å². The Hall–Kier alpha value is -1.94. The van der Waals surface area contributed by atoms with E-state index in [0.29, 0.717) is 16.5 Å². The van der Waals surface area contributed by atoms with Gasteiger partial charge in [0.15, 0.2) is 0 Å². The van der Waals surface area contributed by atoms with Gasteiger partial charge in [-0.25, -0.2) is 0 Å². The molecule has 1 aliphatic carbocycles. The summed E-state index contributed by atoms with van der Waals surface area (Å²) in [6.07, 6.45) is 2.16. The van der Waals surface area contributed by atoms with E-state index >= 15 is 0 Å². The molecule has 2 aromatic carbocycles. The third kappa shape index (κ3) is 2.51. The van der Waals surface area contributed by atoms with Crippen LogP contribution in [-0.4, -0.2) is 16.9 Å². The van der Waals surface area contributed by atoms with Crippen molar-refractivity contribution in [2.75, 3.05) is 0 Å². The molecule has 20 heavy (non-hydrogen) atoms. The van der Waals surface area contributed by atoms with Gasteiger partial charge in [0.25, 0.3) is 5.91 Å². The predicted octanol–water partition coefficient (Wildman–Crippen LogP) is 2.63. The van der Waals surface area contributed by atoms with Crippen molar-refractivity contribution < 1.29 is 4.79 Å². The number of nitrogens with two attached hydrogens (primary N) is 1. The van der Waals surface area contributed by atoms with Crippen LogP contribution in [0.25, 0.3) is 10.8 Å². The van der Waals surface area contributed by atoms with Gasteiger partial charge in [-0.1, -0.05) is 48.6 Å². The largest absolute Gasteiger partial charge is 0.392 e.